The van der Waals surface area contributed by atoms with E-state index < -0.39 is 0 Å². The van der Waals surface area contributed by atoms with Gasteiger partial charge in [0.2, 0.25) is 0 Å². The summed E-state index contributed by atoms with van der Waals surface area (Å²) in [6.45, 7) is 0.245. The molecule has 106 valence electrons. The molecule has 1 aliphatic rings. The van der Waals surface area contributed by atoms with Gasteiger partial charge < -0.3 is 16.2 Å². The summed E-state index contributed by atoms with van der Waals surface area (Å²) in [5, 5.41) is 15.1. The minimum absolute atomic E-state index is 0.245. The van der Waals surface area contributed by atoms with Gasteiger partial charge in [-0.05, 0) is 25.0 Å². The zero-order chi connectivity index (χ0) is 13.9. The fourth-order valence-corrected chi connectivity index (χ4v) is 3.13. The number of fused-ring (bicyclic) bond motifs is 1. The molecule has 0 amide bonds. The Balaban J connectivity index is 1.88. The van der Waals surface area contributed by atoms with E-state index in [-0.39, 0.29) is 6.61 Å². The van der Waals surface area contributed by atoms with Crippen molar-refractivity contribution in [2.45, 2.75) is 31.7 Å². The molecular formula is C16H21N3O. The molecule has 2 unspecified atom stereocenters. The van der Waals surface area contributed by atoms with Crippen molar-refractivity contribution < 1.29 is 5.11 Å². The summed E-state index contributed by atoms with van der Waals surface area (Å²) in [5.74, 6) is 0.330. The van der Waals surface area contributed by atoms with Crippen molar-refractivity contribution in [3.8, 4) is 0 Å². The van der Waals surface area contributed by atoms with Crippen molar-refractivity contribution in [1.29, 1.82) is 0 Å². The Hall–Kier alpha value is -1.81. The smallest absolute Gasteiger partial charge is 0.0630 e. The lowest BCUT2D eigenvalue weighted by Crippen LogP contribution is -2.34. The highest BCUT2D eigenvalue weighted by Crippen LogP contribution is 2.32. The van der Waals surface area contributed by atoms with Crippen LogP contribution in [-0.2, 0) is 0 Å². The summed E-state index contributed by atoms with van der Waals surface area (Å²) in [7, 11) is 0. The Bertz CT molecular complexity index is 599. The molecule has 4 nitrogen and oxygen atoms in total. The minimum Gasteiger partial charge on any atom is -0.397 e. The van der Waals surface area contributed by atoms with Crippen LogP contribution < -0.4 is 11.1 Å². The lowest BCUT2D eigenvalue weighted by atomic mass is 9.85. The van der Waals surface area contributed by atoms with Gasteiger partial charge in [0.05, 0.1) is 11.4 Å². The number of aliphatic hydroxyl groups excluding tert-OH is 1. The van der Waals surface area contributed by atoms with Crippen LogP contribution >= 0.6 is 0 Å². The van der Waals surface area contributed by atoms with Gasteiger partial charge in [-0.1, -0.05) is 18.9 Å². The number of hydrogen-bond donors (Lipinski definition) is 3. The Morgan fingerprint density at radius 3 is 2.95 bits per heavy atom. The fourth-order valence-electron chi connectivity index (χ4n) is 3.13. The zero-order valence-electron chi connectivity index (χ0n) is 11.5. The van der Waals surface area contributed by atoms with Gasteiger partial charge in [-0.2, -0.15) is 0 Å². The number of pyridine rings is 1. The van der Waals surface area contributed by atoms with Gasteiger partial charge in [0.15, 0.2) is 0 Å². The molecular weight excluding hydrogens is 250 g/mol. The van der Waals surface area contributed by atoms with E-state index in [1.165, 1.54) is 12.8 Å². The van der Waals surface area contributed by atoms with Gasteiger partial charge in [0.25, 0.3) is 0 Å². The molecule has 1 saturated carbocycles. The average Bonchev–Trinajstić information content (AvgIpc) is 2.51. The van der Waals surface area contributed by atoms with Crippen LogP contribution in [0.1, 0.15) is 25.7 Å². The third-order valence-electron chi connectivity index (χ3n) is 4.35. The molecule has 0 saturated heterocycles. The van der Waals surface area contributed by atoms with Crippen LogP contribution in [0.4, 0.5) is 11.4 Å². The van der Waals surface area contributed by atoms with E-state index in [4.69, 9.17) is 5.73 Å². The number of nitrogens with one attached hydrogen (secondary N) is 1. The largest absolute Gasteiger partial charge is 0.397 e. The third kappa shape index (κ3) is 2.43. The Labute approximate surface area is 119 Å². The second-order valence-electron chi connectivity index (χ2n) is 5.60. The average molecular weight is 271 g/mol. The van der Waals surface area contributed by atoms with Crippen molar-refractivity contribution in [2.75, 3.05) is 17.7 Å². The van der Waals surface area contributed by atoms with Gasteiger partial charge in [-0.25, -0.2) is 0 Å². The number of benzene rings is 1. The predicted octanol–water partition coefficient (Wildman–Crippen LogP) is 2.78. The van der Waals surface area contributed by atoms with Crippen LogP contribution in [0, 0.1) is 5.92 Å². The highest BCUT2D eigenvalue weighted by atomic mass is 16.3. The number of nitrogen functional groups attached to an aromatic ring is 1. The van der Waals surface area contributed by atoms with Crippen LogP contribution in [0.25, 0.3) is 10.8 Å². The van der Waals surface area contributed by atoms with Crippen LogP contribution in [0.15, 0.2) is 30.6 Å². The second-order valence-corrected chi connectivity index (χ2v) is 5.60. The first-order valence-corrected chi connectivity index (χ1v) is 7.29. The second kappa shape index (κ2) is 5.67. The molecule has 1 aromatic carbocycles. The number of anilines is 2. The molecule has 1 fully saturated rings. The number of aliphatic hydroxyl groups is 1. The maximum atomic E-state index is 9.50. The van der Waals surface area contributed by atoms with E-state index in [1.54, 1.807) is 6.20 Å². The normalized spacial score (nSPS) is 22.9. The first kappa shape index (κ1) is 13.2. The van der Waals surface area contributed by atoms with Gasteiger partial charge >= 0.3 is 0 Å². The zero-order valence-corrected chi connectivity index (χ0v) is 11.5. The molecule has 4 N–H and O–H groups in total. The lowest BCUT2D eigenvalue weighted by Gasteiger charge is -2.32. The van der Waals surface area contributed by atoms with E-state index in [0.29, 0.717) is 12.0 Å². The number of hydrogen-bond acceptors (Lipinski definition) is 4. The number of rotatable bonds is 3. The standard InChI is InChI=1S/C16H21N3O/c17-16-13-7-8-18-9-11(13)5-6-15(16)19-14-4-2-1-3-12(14)10-20/h5-9,12,14,19-20H,1-4,10,17H2. The lowest BCUT2D eigenvalue weighted by molar-refractivity contribution is 0.178. The molecule has 2 aromatic rings. The van der Waals surface area contributed by atoms with Crippen molar-refractivity contribution in [3.63, 3.8) is 0 Å². The van der Waals surface area contributed by atoms with Crippen LogP contribution in [0.2, 0.25) is 0 Å². The van der Waals surface area contributed by atoms with E-state index >= 15 is 0 Å². The molecule has 1 aliphatic carbocycles. The van der Waals surface area contributed by atoms with Crippen LogP contribution in [0.5, 0.6) is 0 Å². The molecule has 0 bridgehead atoms. The first-order chi connectivity index (χ1) is 9.79. The number of aromatic nitrogens is 1. The van der Waals surface area contributed by atoms with Gasteiger partial charge in [0, 0.05) is 41.7 Å². The van der Waals surface area contributed by atoms with E-state index in [1.807, 2.05) is 24.4 Å². The van der Waals surface area contributed by atoms with Crippen molar-refractivity contribution in [1.82, 2.24) is 4.98 Å². The van der Waals surface area contributed by atoms with Gasteiger partial charge in [-0.15, -0.1) is 0 Å². The SMILES string of the molecule is Nc1c(NC2CCCCC2CO)ccc2cnccc12. The quantitative estimate of drug-likeness (QED) is 0.751. The van der Waals surface area contributed by atoms with Crippen LogP contribution in [0.3, 0.4) is 0 Å². The van der Waals surface area contributed by atoms with E-state index in [0.717, 1.165) is 35.0 Å². The fraction of sp³-hybridized carbons (Fsp3) is 0.438. The molecule has 3 rings (SSSR count). The van der Waals surface area contributed by atoms with E-state index in [9.17, 15) is 5.11 Å². The Kier molecular flexibility index (Phi) is 3.74. The van der Waals surface area contributed by atoms with Crippen LogP contribution in [-0.4, -0.2) is 22.7 Å². The highest BCUT2D eigenvalue weighted by molar-refractivity contribution is 5.98. The molecule has 2 atom stereocenters. The number of nitrogens with zero attached hydrogens (tertiary/aromatic N) is 1. The van der Waals surface area contributed by atoms with Crippen molar-refractivity contribution in [3.05, 3.63) is 30.6 Å². The molecule has 1 heterocycles. The van der Waals surface area contributed by atoms with Gasteiger partial charge in [-0.3, -0.25) is 4.98 Å². The molecule has 0 spiro atoms. The molecule has 4 heteroatoms. The summed E-state index contributed by atoms with van der Waals surface area (Å²) < 4.78 is 0. The highest BCUT2D eigenvalue weighted by Gasteiger charge is 2.24. The number of nitrogens with two attached hydrogens (primary N) is 1. The maximum Gasteiger partial charge on any atom is 0.0630 e. The summed E-state index contributed by atoms with van der Waals surface area (Å²) in [5.41, 5.74) is 8.01. The summed E-state index contributed by atoms with van der Waals surface area (Å²) in [4.78, 5) is 4.12. The Morgan fingerprint density at radius 1 is 1.25 bits per heavy atom. The summed E-state index contributed by atoms with van der Waals surface area (Å²) >= 11 is 0. The third-order valence-corrected chi connectivity index (χ3v) is 4.35. The molecule has 0 aliphatic heterocycles. The summed E-state index contributed by atoms with van der Waals surface area (Å²) in [6, 6.07) is 6.32. The van der Waals surface area contributed by atoms with E-state index in [2.05, 4.69) is 10.3 Å². The monoisotopic (exact) mass is 271 g/mol. The first-order valence-electron chi connectivity index (χ1n) is 7.29. The minimum atomic E-state index is 0.245. The summed E-state index contributed by atoms with van der Waals surface area (Å²) in [6.07, 6.45) is 8.20. The van der Waals surface area contributed by atoms with Gasteiger partial charge in [0.1, 0.15) is 0 Å². The predicted molar refractivity (Wildman–Crippen MR) is 82.6 cm³/mol. The topological polar surface area (TPSA) is 71.2 Å². The molecule has 1 aromatic heterocycles. The Morgan fingerprint density at radius 2 is 2.10 bits per heavy atom. The maximum absolute atomic E-state index is 9.50. The van der Waals surface area contributed by atoms with Crippen molar-refractivity contribution >= 4 is 22.1 Å². The molecule has 20 heavy (non-hydrogen) atoms. The molecule has 0 radical (unpaired) electrons. The van der Waals surface area contributed by atoms with Crippen molar-refractivity contribution in [2.24, 2.45) is 5.92 Å².